The number of rotatable bonds is 4. The molecule has 3 aliphatic rings. The lowest BCUT2D eigenvalue weighted by molar-refractivity contribution is -0.123. The van der Waals surface area contributed by atoms with Gasteiger partial charge >= 0.3 is 5.97 Å². The van der Waals surface area contributed by atoms with Gasteiger partial charge in [-0.15, -0.1) is 0 Å². The molecule has 2 N–H and O–H groups in total. The van der Waals surface area contributed by atoms with Crippen molar-refractivity contribution in [2.75, 3.05) is 10.2 Å². The number of carbonyl (C=O) groups excluding carboxylic acids is 3. The molecule has 2 aromatic carbocycles. The SMILES string of the molecule is CC1=CC2CC1C1C(=O)N(c3ccc(C(=O)Nc4cccc(C(=O)O)c4C)cc3)C(=O)C21. The second-order valence-corrected chi connectivity index (χ2v) is 8.76. The van der Waals surface area contributed by atoms with Gasteiger partial charge in [-0.2, -0.15) is 0 Å². The zero-order valence-electron chi connectivity index (χ0n) is 17.7. The summed E-state index contributed by atoms with van der Waals surface area (Å²) in [6.07, 6.45) is 3.02. The van der Waals surface area contributed by atoms with E-state index < -0.39 is 11.9 Å². The van der Waals surface area contributed by atoms with E-state index in [9.17, 15) is 24.3 Å². The smallest absolute Gasteiger partial charge is 0.336 e. The summed E-state index contributed by atoms with van der Waals surface area (Å²) in [7, 11) is 0. The van der Waals surface area contributed by atoms with Gasteiger partial charge in [0.2, 0.25) is 11.8 Å². The number of carbonyl (C=O) groups is 4. The van der Waals surface area contributed by atoms with E-state index in [-0.39, 0.29) is 41.0 Å². The number of aromatic carboxylic acids is 1. The van der Waals surface area contributed by atoms with Crippen LogP contribution in [0.4, 0.5) is 11.4 Å². The molecule has 2 aliphatic carbocycles. The molecular weight excluding hydrogens is 408 g/mol. The van der Waals surface area contributed by atoms with E-state index >= 15 is 0 Å². The van der Waals surface area contributed by atoms with Gasteiger partial charge in [-0.3, -0.25) is 19.3 Å². The second kappa shape index (κ2) is 7.15. The number of amides is 3. The molecule has 4 unspecified atom stereocenters. The summed E-state index contributed by atoms with van der Waals surface area (Å²) in [5.74, 6) is -2.04. The molecule has 7 nitrogen and oxygen atoms in total. The Kier molecular flexibility index (Phi) is 4.51. The van der Waals surface area contributed by atoms with Gasteiger partial charge in [0.25, 0.3) is 5.91 Å². The molecule has 3 amide bonds. The number of nitrogens with one attached hydrogen (secondary N) is 1. The minimum atomic E-state index is -1.06. The molecule has 1 aliphatic heterocycles. The topological polar surface area (TPSA) is 104 Å². The molecule has 32 heavy (non-hydrogen) atoms. The lowest BCUT2D eigenvalue weighted by Crippen LogP contribution is -2.33. The summed E-state index contributed by atoms with van der Waals surface area (Å²) in [6.45, 7) is 3.66. The molecule has 2 fully saturated rings. The molecule has 1 saturated carbocycles. The number of nitrogens with zero attached hydrogens (tertiary/aromatic N) is 1. The van der Waals surface area contributed by atoms with Crippen LogP contribution in [0.3, 0.4) is 0 Å². The van der Waals surface area contributed by atoms with Crippen LogP contribution >= 0.6 is 0 Å². The van der Waals surface area contributed by atoms with Crippen LogP contribution in [0.1, 0.15) is 39.6 Å². The Hall–Kier alpha value is -3.74. The van der Waals surface area contributed by atoms with Crippen molar-refractivity contribution in [3.8, 4) is 0 Å². The number of hydrogen-bond donors (Lipinski definition) is 2. The molecule has 0 spiro atoms. The number of fused-ring (bicyclic) bond motifs is 5. The molecule has 0 radical (unpaired) electrons. The van der Waals surface area contributed by atoms with Crippen LogP contribution in [0.25, 0.3) is 0 Å². The third-order valence-electron chi connectivity index (χ3n) is 7.08. The van der Waals surface area contributed by atoms with Crippen LogP contribution in [-0.2, 0) is 9.59 Å². The zero-order valence-corrected chi connectivity index (χ0v) is 17.7. The Morgan fingerprint density at radius 1 is 1.00 bits per heavy atom. The van der Waals surface area contributed by atoms with E-state index in [4.69, 9.17) is 0 Å². The molecule has 7 heteroatoms. The third-order valence-corrected chi connectivity index (χ3v) is 7.08. The average molecular weight is 430 g/mol. The first kappa shape index (κ1) is 20.2. The number of anilines is 2. The predicted molar refractivity (Wildman–Crippen MR) is 117 cm³/mol. The molecule has 5 rings (SSSR count). The Labute approximate surface area is 184 Å². The number of hydrogen-bond acceptors (Lipinski definition) is 4. The summed E-state index contributed by atoms with van der Waals surface area (Å²) < 4.78 is 0. The van der Waals surface area contributed by atoms with Crippen molar-refractivity contribution in [2.45, 2.75) is 20.3 Å². The van der Waals surface area contributed by atoms with Gasteiger partial charge in [0.15, 0.2) is 0 Å². The highest BCUT2D eigenvalue weighted by Gasteiger charge is 2.60. The number of carboxylic acids is 1. The van der Waals surface area contributed by atoms with E-state index in [1.165, 1.54) is 16.5 Å². The van der Waals surface area contributed by atoms with Gasteiger partial charge in [0.05, 0.1) is 23.1 Å². The summed E-state index contributed by atoms with van der Waals surface area (Å²) in [4.78, 5) is 51.4. The Morgan fingerprint density at radius 2 is 1.69 bits per heavy atom. The molecular formula is C25H22N2O5. The van der Waals surface area contributed by atoms with Crippen molar-refractivity contribution in [1.29, 1.82) is 0 Å². The number of imide groups is 1. The Morgan fingerprint density at radius 3 is 2.38 bits per heavy atom. The van der Waals surface area contributed by atoms with E-state index in [1.807, 2.05) is 6.92 Å². The minimum Gasteiger partial charge on any atom is -0.478 e. The lowest BCUT2D eigenvalue weighted by atomic mass is 9.82. The van der Waals surface area contributed by atoms with Crippen molar-refractivity contribution >= 4 is 35.1 Å². The van der Waals surface area contributed by atoms with Crippen molar-refractivity contribution in [3.05, 3.63) is 70.8 Å². The molecule has 0 aromatic heterocycles. The standard InChI is InChI=1S/C25H22N2O5/c1-12-10-15-11-18(12)21-20(15)23(29)27(24(21)30)16-8-6-14(7-9-16)22(28)26-19-5-3-4-17(13(19)2)25(31)32/h3-10,15,18,20-21H,11H2,1-2H3,(H,26,28)(H,31,32). The molecule has 2 bridgehead atoms. The van der Waals surface area contributed by atoms with Gasteiger partial charge in [-0.05, 0) is 74.1 Å². The maximum absolute atomic E-state index is 13.1. The monoisotopic (exact) mass is 430 g/mol. The van der Waals surface area contributed by atoms with Crippen LogP contribution in [0, 0.1) is 30.6 Å². The van der Waals surface area contributed by atoms with E-state index in [0.29, 0.717) is 22.5 Å². The molecule has 2 aromatic rings. The summed E-state index contributed by atoms with van der Waals surface area (Å²) in [5, 5.41) is 12.0. The largest absolute Gasteiger partial charge is 0.478 e. The van der Waals surface area contributed by atoms with Crippen molar-refractivity contribution in [3.63, 3.8) is 0 Å². The van der Waals surface area contributed by atoms with Crippen molar-refractivity contribution < 1.29 is 24.3 Å². The van der Waals surface area contributed by atoms with Gasteiger partial charge in [-0.1, -0.05) is 17.7 Å². The van der Waals surface area contributed by atoms with Crippen molar-refractivity contribution in [2.24, 2.45) is 23.7 Å². The third kappa shape index (κ3) is 2.88. The average Bonchev–Trinajstić information content (AvgIpc) is 3.40. The summed E-state index contributed by atoms with van der Waals surface area (Å²) in [5.41, 5.74) is 3.00. The highest BCUT2D eigenvalue weighted by atomic mass is 16.4. The highest BCUT2D eigenvalue weighted by molar-refractivity contribution is 6.23. The molecule has 162 valence electrons. The van der Waals surface area contributed by atoms with Crippen LogP contribution in [0.5, 0.6) is 0 Å². The lowest BCUT2D eigenvalue weighted by Gasteiger charge is -2.19. The fraction of sp³-hybridized carbons (Fsp3) is 0.280. The molecule has 1 saturated heterocycles. The number of carboxylic acid groups (broad SMARTS) is 1. The normalized spacial score (nSPS) is 25.7. The molecule has 1 heterocycles. The Balaban J connectivity index is 1.35. The first-order valence-electron chi connectivity index (χ1n) is 10.6. The summed E-state index contributed by atoms with van der Waals surface area (Å²) in [6, 6.07) is 11.0. The van der Waals surface area contributed by atoms with Gasteiger partial charge in [-0.25, -0.2) is 4.79 Å². The van der Waals surface area contributed by atoms with Crippen molar-refractivity contribution in [1.82, 2.24) is 0 Å². The fourth-order valence-corrected chi connectivity index (χ4v) is 5.49. The van der Waals surface area contributed by atoms with Crippen LogP contribution < -0.4 is 10.2 Å². The highest BCUT2D eigenvalue weighted by Crippen LogP contribution is 2.55. The van der Waals surface area contributed by atoms with Gasteiger partial charge in [0, 0.05) is 11.3 Å². The van der Waals surface area contributed by atoms with E-state index in [1.54, 1.807) is 43.3 Å². The maximum Gasteiger partial charge on any atom is 0.336 e. The van der Waals surface area contributed by atoms with E-state index in [0.717, 1.165) is 6.42 Å². The van der Waals surface area contributed by atoms with Crippen LogP contribution in [0.15, 0.2) is 54.1 Å². The van der Waals surface area contributed by atoms with Crippen LogP contribution in [0.2, 0.25) is 0 Å². The van der Waals surface area contributed by atoms with Gasteiger partial charge in [0.1, 0.15) is 0 Å². The quantitative estimate of drug-likeness (QED) is 0.569. The first-order chi connectivity index (χ1) is 15.3. The first-order valence-corrected chi connectivity index (χ1v) is 10.6. The van der Waals surface area contributed by atoms with E-state index in [2.05, 4.69) is 11.4 Å². The summed E-state index contributed by atoms with van der Waals surface area (Å²) >= 11 is 0. The van der Waals surface area contributed by atoms with Gasteiger partial charge < -0.3 is 10.4 Å². The second-order valence-electron chi connectivity index (χ2n) is 8.76. The number of benzene rings is 2. The molecule has 4 atom stereocenters. The maximum atomic E-state index is 13.1. The zero-order chi connectivity index (χ0) is 22.7. The number of allylic oxidation sites excluding steroid dienone is 2. The fourth-order valence-electron chi connectivity index (χ4n) is 5.49. The Bertz CT molecular complexity index is 1210. The van der Waals surface area contributed by atoms with Crippen LogP contribution in [-0.4, -0.2) is 28.8 Å². The minimum absolute atomic E-state index is 0.119. The predicted octanol–water partition coefficient (Wildman–Crippen LogP) is 3.65.